The summed E-state index contributed by atoms with van der Waals surface area (Å²) in [4.78, 5) is 30.8. The number of fused-ring (bicyclic) bond motifs is 3. The first-order valence-corrected chi connectivity index (χ1v) is 13.5. The number of pyridine rings is 1. The van der Waals surface area contributed by atoms with Crippen molar-refractivity contribution in [2.75, 3.05) is 63.7 Å². The number of hydrogen-bond acceptors (Lipinski definition) is 10. The van der Waals surface area contributed by atoms with E-state index in [0.717, 1.165) is 38.5 Å². The predicted octanol–water partition coefficient (Wildman–Crippen LogP) is 1.67. The van der Waals surface area contributed by atoms with Gasteiger partial charge in [0.25, 0.3) is 5.91 Å². The third-order valence-corrected chi connectivity index (χ3v) is 7.27. The molecule has 4 aromatic heterocycles. The average Bonchev–Trinajstić information content (AvgIpc) is 3.60. The molecule has 0 unspecified atom stereocenters. The maximum Gasteiger partial charge on any atom is 0.265 e. The Kier molecular flexibility index (Phi) is 7.35. The van der Waals surface area contributed by atoms with Gasteiger partial charge in [-0.2, -0.15) is 9.50 Å². The van der Waals surface area contributed by atoms with Crippen molar-refractivity contribution < 1.29 is 14.3 Å². The van der Waals surface area contributed by atoms with Crippen LogP contribution in [0, 0.1) is 0 Å². The number of piperazine rings is 1. The Morgan fingerprint density at radius 2 is 1.78 bits per heavy atom. The summed E-state index contributed by atoms with van der Waals surface area (Å²) in [6.45, 7) is 5.89. The molecule has 6 rings (SSSR count). The maximum absolute atomic E-state index is 12.4. The van der Waals surface area contributed by atoms with E-state index in [1.165, 1.54) is 10.2 Å². The lowest BCUT2D eigenvalue weighted by atomic mass is 10.2. The Labute approximate surface area is 236 Å². The van der Waals surface area contributed by atoms with Crippen LogP contribution < -0.4 is 21.1 Å². The van der Waals surface area contributed by atoms with E-state index in [4.69, 9.17) is 20.9 Å². The van der Waals surface area contributed by atoms with Gasteiger partial charge >= 0.3 is 0 Å². The van der Waals surface area contributed by atoms with Gasteiger partial charge in [0.05, 0.1) is 12.0 Å². The van der Waals surface area contributed by atoms with E-state index in [0.29, 0.717) is 53.7 Å². The minimum Gasteiger partial charge on any atom is -0.491 e. The molecule has 212 valence electrons. The monoisotopic (exact) mass is 556 g/mol. The molecule has 0 atom stereocenters. The number of aromatic nitrogens is 6. The Morgan fingerprint density at radius 3 is 2.49 bits per heavy atom. The van der Waals surface area contributed by atoms with E-state index in [-0.39, 0.29) is 5.95 Å². The fourth-order valence-electron chi connectivity index (χ4n) is 5.13. The van der Waals surface area contributed by atoms with Crippen LogP contribution in [0.4, 0.5) is 11.6 Å². The molecule has 0 saturated carbocycles. The molecule has 13 heteroatoms. The molecule has 0 aliphatic carbocycles. The van der Waals surface area contributed by atoms with Gasteiger partial charge in [0.1, 0.15) is 29.4 Å². The summed E-state index contributed by atoms with van der Waals surface area (Å²) in [6, 6.07) is 15.4. The van der Waals surface area contributed by atoms with Crippen molar-refractivity contribution in [1.82, 2.24) is 34.0 Å². The first-order valence-electron chi connectivity index (χ1n) is 13.5. The number of nitrogen functional groups attached to an aromatic ring is 1. The third kappa shape index (κ3) is 5.36. The Balaban J connectivity index is 1.17. The molecule has 0 spiro atoms. The summed E-state index contributed by atoms with van der Waals surface area (Å²) in [5.41, 5.74) is 15.3. The quantitative estimate of drug-likeness (QED) is 0.243. The summed E-state index contributed by atoms with van der Waals surface area (Å²) in [5, 5.41) is 5.15. The number of amides is 1. The number of carbonyl (C=O) groups excluding carboxylic acids is 1. The third-order valence-electron chi connectivity index (χ3n) is 7.27. The molecule has 5 heterocycles. The highest BCUT2D eigenvalue weighted by Gasteiger charge is 2.23. The summed E-state index contributed by atoms with van der Waals surface area (Å²) in [5.74, 6) is 0.885. The highest BCUT2D eigenvalue weighted by molar-refractivity contribution is 6.01. The maximum atomic E-state index is 12.4. The second-order valence-electron chi connectivity index (χ2n) is 9.80. The average molecular weight is 557 g/mol. The summed E-state index contributed by atoms with van der Waals surface area (Å²) in [6.07, 6.45) is 1.68. The molecule has 1 amide bonds. The topological polar surface area (TPSA) is 155 Å². The molecule has 1 aliphatic rings. The Bertz CT molecular complexity index is 1660. The molecular formula is C28H32N10O3. The van der Waals surface area contributed by atoms with E-state index in [1.807, 2.05) is 34.9 Å². The van der Waals surface area contributed by atoms with E-state index in [2.05, 4.69) is 42.0 Å². The number of carbonyl (C=O) groups is 1. The summed E-state index contributed by atoms with van der Waals surface area (Å²) >= 11 is 0. The minimum absolute atomic E-state index is 0.168. The predicted molar refractivity (Wildman–Crippen MR) is 155 cm³/mol. The smallest absolute Gasteiger partial charge is 0.265 e. The largest absolute Gasteiger partial charge is 0.491 e. The number of benzene rings is 1. The van der Waals surface area contributed by atoms with Crippen molar-refractivity contribution in [3.8, 4) is 17.3 Å². The van der Waals surface area contributed by atoms with Gasteiger partial charge in [-0.1, -0.05) is 6.07 Å². The highest BCUT2D eigenvalue weighted by atomic mass is 16.5. The molecule has 1 saturated heterocycles. The second kappa shape index (κ2) is 11.4. The molecule has 0 bridgehead atoms. The van der Waals surface area contributed by atoms with E-state index < -0.39 is 5.91 Å². The Morgan fingerprint density at radius 1 is 0.976 bits per heavy atom. The van der Waals surface area contributed by atoms with Crippen molar-refractivity contribution in [3.05, 3.63) is 60.4 Å². The highest BCUT2D eigenvalue weighted by Crippen LogP contribution is 2.26. The van der Waals surface area contributed by atoms with Crippen molar-refractivity contribution in [1.29, 1.82) is 0 Å². The SMILES string of the molecule is COCCOc1ccc(N2CCN(CCn3c(C(N)=O)cc4c3nc(N)n3nc(-c5ccccn5)nc43)CC2)cc1. The van der Waals surface area contributed by atoms with Crippen LogP contribution in [-0.2, 0) is 11.3 Å². The van der Waals surface area contributed by atoms with Crippen molar-refractivity contribution >= 4 is 34.2 Å². The van der Waals surface area contributed by atoms with Crippen LogP contribution in [0.3, 0.4) is 0 Å². The van der Waals surface area contributed by atoms with E-state index in [9.17, 15) is 4.79 Å². The van der Waals surface area contributed by atoms with Gasteiger partial charge < -0.3 is 30.4 Å². The number of ether oxygens (including phenoxy) is 2. The van der Waals surface area contributed by atoms with Gasteiger partial charge in [0, 0.05) is 58.3 Å². The zero-order valence-electron chi connectivity index (χ0n) is 22.8. The van der Waals surface area contributed by atoms with Gasteiger partial charge in [-0.05, 0) is 42.5 Å². The molecule has 1 aliphatic heterocycles. The lowest BCUT2D eigenvalue weighted by Gasteiger charge is -2.36. The first kappa shape index (κ1) is 26.5. The van der Waals surface area contributed by atoms with E-state index >= 15 is 0 Å². The van der Waals surface area contributed by atoms with E-state index in [1.54, 1.807) is 19.4 Å². The standard InChI is InChI=1S/C28H32N10O3/c1-40-16-17-41-20-7-5-19(6-8-20)36-13-10-35(11-14-36)12-15-37-23(24(29)39)18-21-26(37)33-28(30)38-27(21)32-25(34-38)22-4-2-3-9-31-22/h2-9,18H,10-17H2,1H3,(H2,29,39)(H2,30,33). The van der Waals surface area contributed by atoms with Crippen molar-refractivity contribution in [3.63, 3.8) is 0 Å². The van der Waals surface area contributed by atoms with Crippen LogP contribution in [0.15, 0.2) is 54.7 Å². The molecular weight excluding hydrogens is 524 g/mol. The summed E-state index contributed by atoms with van der Waals surface area (Å²) in [7, 11) is 1.66. The van der Waals surface area contributed by atoms with Crippen LogP contribution in [0.5, 0.6) is 5.75 Å². The van der Waals surface area contributed by atoms with Gasteiger partial charge in [0.15, 0.2) is 5.65 Å². The van der Waals surface area contributed by atoms with Crippen LogP contribution in [0.2, 0.25) is 0 Å². The number of hydrogen-bond donors (Lipinski definition) is 2. The number of nitrogens with zero attached hydrogens (tertiary/aromatic N) is 8. The molecule has 41 heavy (non-hydrogen) atoms. The number of anilines is 2. The van der Waals surface area contributed by atoms with Gasteiger partial charge in [0.2, 0.25) is 11.8 Å². The molecule has 1 aromatic carbocycles. The molecule has 4 N–H and O–H groups in total. The van der Waals surface area contributed by atoms with Gasteiger partial charge in [-0.3, -0.25) is 14.7 Å². The van der Waals surface area contributed by atoms with Crippen LogP contribution in [0.25, 0.3) is 28.2 Å². The molecule has 1 fully saturated rings. The fourth-order valence-corrected chi connectivity index (χ4v) is 5.13. The first-order chi connectivity index (χ1) is 20.0. The molecule has 13 nitrogen and oxygen atoms in total. The zero-order valence-corrected chi connectivity index (χ0v) is 22.8. The fraction of sp³-hybridized carbons (Fsp3) is 0.321. The second-order valence-corrected chi connectivity index (χ2v) is 9.80. The number of methoxy groups -OCH3 is 1. The minimum atomic E-state index is -0.538. The number of nitrogens with two attached hydrogens (primary N) is 2. The lowest BCUT2D eigenvalue weighted by Crippen LogP contribution is -2.47. The van der Waals surface area contributed by atoms with Gasteiger partial charge in [-0.15, -0.1) is 5.10 Å². The Hall–Kier alpha value is -4.75. The van der Waals surface area contributed by atoms with Crippen molar-refractivity contribution in [2.24, 2.45) is 5.73 Å². The molecule has 5 aromatic rings. The number of primary amides is 1. The van der Waals surface area contributed by atoms with Crippen LogP contribution in [-0.4, -0.2) is 93.0 Å². The number of rotatable bonds is 10. The van der Waals surface area contributed by atoms with Gasteiger partial charge in [-0.25, -0.2) is 4.98 Å². The van der Waals surface area contributed by atoms with Crippen LogP contribution in [0.1, 0.15) is 10.5 Å². The van der Waals surface area contributed by atoms with Crippen LogP contribution >= 0.6 is 0 Å². The molecule has 0 radical (unpaired) electrons. The summed E-state index contributed by atoms with van der Waals surface area (Å²) < 4.78 is 14.0. The normalized spacial score (nSPS) is 14.2. The lowest BCUT2D eigenvalue weighted by molar-refractivity contribution is 0.0991. The van der Waals surface area contributed by atoms with Crippen molar-refractivity contribution in [2.45, 2.75) is 6.54 Å². The zero-order chi connectivity index (χ0) is 28.3.